The molecule has 0 spiro atoms. The summed E-state index contributed by atoms with van der Waals surface area (Å²) in [5.74, 6) is 0.435. The van der Waals surface area contributed by atoms with Crippen LogP contribution in [0.25, 0.3) is 0 Å². The van der Waals surface area contributed by atoms with Gasteiger partial charge in [0.1, 0.15) is 5.69 Å². The molecule has 1 atom stereocenters. The third-order valence-corrected chi connectivity index (χ3v) is 3.66. The van der Waals surface area contributed by atoms with E-state index in [0.29, 0.717) is 11.6 Å². The highest BCUT2D eigenvalue weighted by Gasteiger charge is 2.21. The fourth-order valence-electron chi connectivity index (χ4n) is 2.68. The van der Waals surface area contributed by atoms with E-state index in [9.17, 15) is 9.59 Å². The Kier molecular flexibility index (Phi) is 5.35. The van der Waals surface area contributed by atoms with E-state index in [0.717, 1.165) is 39.0 Å². The number of hydrogen-bond acceptors (Lipinski definition) is 3. The topological polar surface area (TPSA) is 65.2 Å². The number of amides is 1. The van der Waals surface area contributed by atoms with Crippen LogP contribution in [-0.2, 0) is 0 Å². The number of hydrogen-bond donors (Lipinski definition) is 2. The van der Waals surface area contributed by atoms with Gasteiger partial charge in [-0.05, 0) is 44.3 Å². The number of carbonyl (C=O) groups is 1. The highest BCUT2D eigenvalue weighted by atomic mass is 16.2. The number of pyridine rings is 1. The smallest absolute Gasteiger partial charge is 0.270 e. The second-order valence-corrected chi connectivity index (χ2v) is 5.39. The SMILES string of the molecule is CCCN(CC1CCCNC1)C(=O)c1cccc(=O)[nH]1. The maximum atomic E-state index is 12.5. The van der Waals surface area contributed by atoms with Crippen LogP contribution in [0.1, 0.15) is 36.7 Å². The lowest BCUT2D eigenvalue weighted by atomic mass is 9.99. The van der Waals surface area contributed by atoms with E-state index < -0.39 is 0 Å². The van der Waals surface area contributed by atoms with Crippen LogP contribution in [0.15, 0.2) is 23.0 Å². The zero-order chi connectivity index (χ0) is 14.4. The number of aromatic nitrogens is 1. The molecule has 5 nitrogen and oxygen atoms in total. The van der Waals surface area contributed by atoms with Gasteiger partial charge in [0.25, 0.3) is 5.91 Å². The van der Waals surface area contributed by atoms with Crippen LogP contribution >= 0.6 is 0 Å². The van der Waals surface area contributed by atoms with E-state index in [-0.39, 0.29) is 11.5 Å². The van der Waals surface area contributed by atoms with E-state index in [2.05, 4.69) is 17.2 Å². The van der Waals surface area contributed by atoms with Crippen molar-refractivity contribution >= 4 is 5.91 Å². The van der Waals surface area contributed by atoms with Crippen molar-refractivity contribution < 1.29 is 4.79 Å². The lowest BCUT2D eigenvalue weighted by molar-refractivity contribution is 0.0712. The summed E-state index contributed by atoms with van der Waals surface area (Å²) in [4.78, 5) is 28.3. The molecule has 1 fully saturated rings. The van der Waals surface area contributed by atoms with Gasteiger partial charge in [0, 0.05) is 19.2 Å². The van der Waals surface area contributed by atoms with Gasteiger partial charge in [-0.25, -0.2) is 0 Å². The van der Waals surface area contributed by atoms with Crippen LogP contribution in [0.3, 0.4) is 0 Å². The summed E-state index contributed by atoms with van der Waals surface area (Å²) >= 11 is 0. The van der Waals surface area contributed by atoms with E-state index in [1.807, 2.05) is 4.90 Å². The van der Waals surface area contributed by atoms with E-state index >= 15 is 0 Å². The molecule has 1 aromatic heterocycles. The Morgan fingerprint density at radius 3 is 2.95 bits per heavy atom. The summed E-state index contributed by atoms with van der Waals surface area (Å²) in [6.07, 6.45) is 3.25. The number of rotatable bonds is 5. The molecule has 1 unspecified atom stereocenters. The minimum atomic E-state index is -0.230. The Morgan fingerprint density at radius 2 is 2.30 bits per heavy atom. The molecule has 1 aliphatic rings. The predicted octanol–water partition coefficient (Wildman–Crippen LogP) is 1.23. The summed E-state index contributed by atoms with van der Waals surface area (Å²) < 4.78 is 0. The molecule has 2 heterocycles. The van der Waals surface area contributed by atoms with Crippen molar-refractivity contribution in [3.63, 3.8) is 0 Å². The second kappa shape index (κ2) is 7.24. The summed E-state index contributed by atoms with van der Waals surface area (Å²) in [5, 5.41) is 3.37. The van der Waals surface area contributed by atoms with Crippen molar-refractivity contribution in [1.82, 2.24) is 15.2 Å². The normalized spacial score (nSPS) is 18.8. The van der Waals surface area contributed by atoms with Gasteiger partial charge < -0.3 is 15.2 Å². The number of nitrogens with zero attached hydrogens (tertiary/aromatic N) is 1. The maximum Gasteiger partial charge on any atom is 0.270 e. The molecule has 2 rings (SSSR count). The van der Waals surface area contributed by atoms with E-state index in [4.69, 9.17) is 0 Å². The Labute approximate surface area is 119 Å². The third-order valence-electron chi connectivity index (χ3n) is 3.66. The number of H-pyrrole nitrogens is 1. The Balaban J connectivity index is 2.06. The average molecular weight is 277 g/mol. The van der Waals surface area contributed by atoms with Crippen molar-refractivity contribution in [2.45, 2.75) is 26.2 Å². The van der Waals surface area contributed by atoms with Crippen LogP contribution < -0.4 is 10.9 Å². The number of aromatic amines is 1. The monoisotopic (exact) mass is 277 g/mol. The van der Waals surface area contributed by atoms with Gasteiger partial charge in [-0.1, -0.05) is 13.0 Å². The van der Waals surface area contributed by atoms with Crippen molar-refractivity contribution in [3.8, 4) is 0 Å². The molecule has 1 aliphatic heterocycles. The molecule has 0 bridgehead atoms. The summed E-state index contributed by atoms with van der Waals surface area (Å²) in [5.41, 5.74) is 0.154. The summed E-state index contributed by atoms with van der Waals surface area (Å²) in [7, 11) is 0. The van der Waals surface area contributed by atoms with Gasteiger partial charge in [-0.2, -0.15) is 0 Å². The van der Waals surface area contributed by atoms with Gasteiger partial charge >= 0.3 is 0 Å². The minimum absolute atomic E-state index is 0.0740. The molecule has 0 radical (unpaired) electrons. The highest BCUT2D eigenvalue weighted by molar-refractivity contribution is 5.92. The third kappa shape index (κ3) is 3.93. The lowest BCUT2D eigenvalue weighted by Crippen LogP contribution is -2.41. The molecular formula is C15H23N3O2. The molecule has 0 aromatic carbocycles. The molecule has 1 saturated heterocycles. The quantitative estimate of drug-likeness (QED) is 0.850. The molecule has 1 amide bonds. The second-order valence-electron chi connectivity index (χ2n) is 5.39. The van der Waals surface area contributed by atoms with Gasteiger partial charge in [-0.15, -0.1) is 0 Å². The number of carbonyl (C=O) groups excluding carboxylic acids is 1. The first-order valence-corrected chi connectivity index (χ1v) is 7.40. The molecule has 20 heavy (non-hydrogen) atoms. The van der Waals surface area contributed by atoms with Crippen LogP contribution in [0, 0.1) is 5.92 Å². The zero-order valence-electron chi connectivity index (χ0n) is 12.0. The zero-order valence-corrected chi connectivity index (χ0v) is 12.0. The lowest BCUT2D eigenvalue weighted by Gasteiger charge is -2.30. The van der Waals surface area contributed by atoms with Gasteiger partial charge in [0.05, 0.1) is 0 Å². The first-order chi connectivity index (χ1) is 9.70. The Bertz CT molecular complexity index is 492. The van der Waals surface area contributed by atoms with Crippen molar-refractivity contribution in [2.24, 2.45) is 5.92 Å². The van der Waals surface area contributed by atoms with Gasteiger partial charge in [0.2, 0.25) is 5.56 Å². The van der Waals surface area contributed by atoms with Gasteiger partial charge in [0.15, 0.2) is 0 Å². The van der Waals surface area contributed by atoms with Crippen molar-refractivity contribution in [2.75, 3.05) is 26.2 Å². The van der Waals surface area contributed by atoms with Crippen LogP contribution in [0.2, 0.25) is 0 Å². The van der Waals surface area contributed by atoms with Crippen LogP contribution in [0.5, 0.6) is 0 Å². The van der Waals surface area contributed by atoms with Crippen LogP contribution in [-0.4, -0.2) is 42.0 Å². The fraction of sp³-hybridized carbons (Fsp3) is 0.600. The van der Waals surface area contributed by atoms with Crippen molar-refractivity contribution in [1.29, 1.82) is 0 Å². The highest BCUT2D eigenvalue weighted by Crippen LogP contribution is 2.13. The Morgan fingerprint density at radius 1 is 1.45 bits per heavy atom. The Hall–Kier alpha value is -1.62. The molecule has 110 valence electrons. The van der Waals surface area contributed by atoms with Crippen LogP contribution in [0.4, 0.5) is 0 Å². The van der Waals surface area contributed by atoms with Crippen molar-refractivity contribution in [3.05, 3.63) is 34.2 Å². The first kappa shape index (κ1) is 14.8. The maximum absolute atomic E-state index is 12.5. The summed E-state index contributed by atoms with van der Waals surface area (Å²) in [6.45, 7) is 5.60. The molecular weight excluding hydrogens is 254 g/mol. The number of nitrogens with one attached hydrogen (secondary N) is 2. The minimum Gasteiger partial charge on any atom is -0.337 e. The van der Waals surface area contributed by atoms with E-state index in [1.165, 1.54) is 12.5 Å². The average Bonchev–Trinajstić information content (AvgIpc) is 2.47. The fourth-order valence-corrected chi connectivity index (χ4v) is 2.68. The predicted molar refractivity (Wildman–Crippen MR) is 78.9 cm³/mol. The molecule has 5 heteroatoms. The largest absolute Gasteiger partial charge is 0.337 e. The molecule has 0 aliphatic carbocycles. The number of piperidine rings is 1. The molecule has 1 aromatic rings. The van der Waals surface area contributed by atoms with Gasteiger partial charge in [-0.3, -0.25) is 9.59 Å². The first-order valence-electron chi connectivity index (χ1n) is 7.40. The molecule has 0 saturated carbocycles. The summed E-state index contributed by atoms with van der Waals surface area (Å²) in [6, 6.07) is 4.72. The standard InChI is InChI=1S/C15H23N3O2/c1-2-9-18(11-12-5-4-8-16-10-12)15(20)13-6-3-7-14(19)17-13/h3,6-7,12,16H,2,4-5,8-11H2,1H3,(H,17,19). The van der Waals surface area contributed by atoms with E-state index in [1.54, 1.807) is 12.1 Å². The molecule has 2 N–H and O–H groups in total.